The molecule has 0 unspecified atom stereocenters. The molecule has 0 aliphatic rings. The minimum Gasteiger partial charge on any atom is -0.482 e. The van der Waals surface area contributed by atoms with Gasteiger partial charge in [0.1, 0.15) is 5.75 Å². The van der Waals surface area contributed by atoms with Crippen LogP contribution in [0.4, 0.5) is 5.69 Å². The first-order valence-electron chi connectivity index (χ1n) is 8.13. The molecule has 0 bridgehead atoms. The van der Waals surface area contributed by atoms with E-state index in [4.69, 9.17) is 16.3 Å². The van der Waals surface area contributed by atoms with E-state index in [0.717, 1.165) is 22.4 Å². The number of hydrogen-bond acceptors (Lipinski definition) is 4. The van der Waals surface area contributed by atoms with Crippen molar-refractivity contribution in [3.63, 3.8) is 0 Å². The van der Waals surface area contributed by atoms with Gasteiger partial charge in [-0.1, -0.05) is 35.4 Å². The predicted octanol–water partition coefficient (Wildman–Crippen LogP) is 2.90. The highest BCUT2D eigenvalue weighted by Gasteiger charge is 2.08. The van der Waals surface area contributed by atoms with Crippen LogP contribution in [0.15, 0.2) is 36.4 Å². The molecule has 6 nitrogen and oxygen atoms in total. The summed E-state index contributed by atoms with van der Waals surface area (Å²) in [7, 11) is 0. The van der Waals surface area contributed by atoms with Crippen LogP contribution < -0.4 is 20.9 Å². The summed E-state index contributed by atoms with van der Waals surface area (Å²) in [6.45, 7) is 5.64. The van der Waals surface area contributed by atoms with Gasteiger partial charge in [-0.15, -0.1) is 0 Å². The largest absolute Gasteiger partial charge is 0.482 e. The van der Waals surface area contributed by atoms with Crippen LogP contribution >= 0.6 is 11.6 Å². The van der Waals surface area contributed by atoms with Crippen molar-refractivity contribution in [1.82, 2.24) is 10.9 Å². The van der Waals surface area contributed by atoms with Crippen LogP contribution in [0.25, 0.3) is 0 Å². The first-order valence-corrected chi connectivity index (χ1v) is 8.50. The Morgan fingerprint density at radius 2 is 1.62 bits per heavy atom. The number of carbonyl (C=O) groups is 2. The Balaban J connectivity index is 1.73. The Morgan fingerprint density at radius 3 is 2.35 bits per heavy atom. The van der Waals surface area contributed by atoms with Crippen LogP contribution in [0.1, 0.15) is 16.7 Å². The number of benzene rings is 2. The number of hydrazine groups is 1. The lowest BCUT2D eigenvalue weighted by atomic mass is 10.1. The zero-order chi connectivity index (χ0) is 19.1. The molecule has 0 heterocycles. The van der Waals surface area contributed by atoms with Crippen LogP contribution in [-0.2, 0) is 9.59 Å². The highest BCUT2D eigenvalue weighted by Crippen LogP contribution is 2.25. The van der Waals surface area contributed by atoms with Gasteiger partial charge in [0, 0.05) is 5.69 Å². The summed E-state index contributed by atoms with van der Waals surface area (Å²) in [4.78, 5) is 23.6. The number of rotatable bonds is 6. The first-order chi connectivity index (χ1) is 12.3. The molecule has 2 rings (SSSR count). The maximum absolute atomic E-state index is 11.8. The zero-order valence-electron chi connectivity index (χ0n) is 15.0. The molecule has 0 fully saturated rings. The molecule has 138 valence electrons. The van der Waals surface area contributed by atoms with Crippen molar-refractivity contribution in [3.05, 3.63) is 58.1 Å². The average molecular weight is 376 g/mol. The molecule has 0 radical (unpaired) electrons. The highest BCUT2D eigenvalue weighted by atomic mass is 35.5. The lowest BCUT2D eigenvalue weighted by molar-refractivity contribution is -0.129. The molecule has 0 aliphatic heterocycles. The van der Waals surface area contributed by atoms with E-state index >= 15 is 0 Å². The number of aryl methyl sites for hydroxylation is 3. The maximum atomic E-state index is 11.8. The molecule has 0 aromatic heterocycles. The van der Waals surface area contributed by atoms with E-state index in [-0.39, 0.29) is 19.1 Å². The summed E-state index contributed by atoms with van der Waals surface area (Å²) in [5, 5.41) is 3.44. The highest BCUT2D eigenvalue weighted by molar-refractivity contribution is 6.32. The molecule has 2 aromatic carbocycles. The van der Waals surface area contributed by atoms with Gasteiger partial charge >= 0.3 is 0 Å². The molecule has 7 heteroatoms. The zero-order valence-corrected chi connectivity index (χ0v) is 15.7. The Labute approximate surface area is 157 Å². The van der Waals surface area contributed by atoms with E-state index in [2.05, 4.69) is 16.2 Å². The summed E-state index contributed by atoms with van der Waals surface area (Å²) in [6.07, 6.45) is 0. The molecule has 0 saturated carbocycles. The van der Waals surface area contributed by atoms with Crippen molar-refractivity contribution >= 4 is 29.1 Å². The van der Waals surface area contributed by atoms with Gasteiger partial charge < -0.3 is 10.1 Å². The molecule has 0 saturated heterocycles. The average Bonchev–Trinajstić information content (AvgIpc) is 2.60. The minimum atomic E-state index is -0.484. The third-order valence-corrected chi connectivity index (χ3v) is 3.92. The standard InChI is InChI=1S/C19H22ClN3O3/c1-12-5-7-16(14(3)8-12)21-10-18(24)22-23-19(25)11-26-17-9-13(2)4-6-15(17)20/h4-9,21H,10-11H2,1-3H3,(H,22,24)(H,23,25). The van der Waals surface area contributed by atoms with E-state index in [1.807, 2.05) is 45.0 Å². The van der Waals surface area contributed by atoms with Gasteiger partial charge in [0.15, 0.2) is 6.61 Å². The normalized spacial score (nSPS) is 10.2. The fourth-order valence-corrected chi connectivity index (χ4v) is 2.44. The summed E-state index contributed by atoms with van der Waals surface area (Å²) >= 11 is 5.99. The van der Waals surface area contributed by atoms with Crippen molar-refractivity contribution in [2.75, 3.05) is 18.5 Å². The second-order valence-electron chi connectivity index (χ2n) is 5.99. The molecule has 0 spiro atoms. The van der Waals surface area contributed by atoms with Gasteiger partial charge in [-0.3, -0.25) is 20.4 Å². The Kier molecular flexibility index (Phi) is 6.86. The van der Waals surface area contributed by atoms with Gasteiger partial charge in [0.05, 0.1) is 11.6 Å². The molecule has 0 atom stereocenters. The number of carbonyl (C=O) groups excluding carboxylic acids is 2. The van der Waals surface area contributed by atoms with Crippen molar-refractivity contribution in [3.8, 4) is 5.75 Å². The number of hydrogen-bond donors (Lipinski definition) is 3. The summed E-state index contributed by atoms with van der Waals surface area (Å²) in [6, 6.07) is 11.2. The summed E-state index contributed by atoms with van der Waals surface area (Å²) < 4.78 is 5.36. The second kappa shape index (κ2) is 9.10. The predicted molar refractivity (Wildman–Crippen MR) is 102 cm³/mol. The number of nitrogens with one attached hydrogen (secondary N) is 3. The van der Waals surface area contributed by atoms with Crippen LogP contribution in [0.2, 0.25) is 5.02 Å². The third-order valence-electron chi connectivity index (χ3n) is 3.61. The summed E-state index contributed by atoms with van der Waals surface area (Å²) in [5.41, 5.74) is 8.67. The van der Waals surface area contributed by atoms with Gasteiger partial charge in [-0.25, -0.2) is 0 Å². The van der Waals surface area contributed by atoms with E-state index in [1.54, 1.807) is 12.1 Å². The van der Waals surface area contributed by atoms with E-state index in [9.17, 15) is 9.59 Å². The monoisotopic (exact) mass is 375 g/mol. The van der Waals surface area contributed by atoms with Gasteiger partial charge in [-0.05, 0) is 50.1 Å². The van der Waals surface area contributed by atoms with E-state index in [1.165, 1.54) is 0 Å². The molecule has 2 aromatic rings. The molecular weight excluding hydrogens is 354 g/mol. The molecular formula is C19H22ClN3O3. The number of ether oxygens (including phenoxy) is 1. The molecule has 0 aliphatic carbocycles. The molecule has 3 N–H and O–H groups in total. The SMILES string of the molecule is Cc1ccc(NCC(=O)NNC(=O)COc2cc(C)ccc2Cl)c(C)c1. The van der Waals surface area contributed by atoms with Crippen molar-refractivity contribution in [2.45, 2.75) is 20.8 Å². The lowest BCUT2D eigenvalue weighted by Gasteiger charge is -2.12. The summed E-state index contributed by atoms with van der Waals surface area (Å²) in [5.74, 6) is -0.431. The van der Waals surface area contributed by atoms with E-state index in [0.29, 0.717) is 10.8 Å². The fraction of sp³-hybridized carbons (Fsp3) is 0.263. The molecule has 2 amide bonds. The van der Waals surface area contributed by atoms with Gasteiger partial charge in [-0.2, -0.15) is 0 Å². The molecule has 26 heavy (non-hydrogen) atoms. The van der Waals surface area contributed by atoms with Crippen molar-refractivity contribution in [2.24, 2.45) is 0 Å². The van der Waals surface area contributed by atoms with E-state index < -0.39 is 5.91 Å². The third kappa shape index (κ3) is 5.97. The minimum absolute atomic E-state index is 0.0365. The van der Waals surface area contributed by atoms with Crippen molar-refractivity contribution in [1.29, 1.82) is 0 Å². The first kappa shape index (κ1) is 19.6. The van der Waals surface area contributed by atoms with Gasteiger partial charge in [0.25, 0.3) is 11.8 Å². The van der Waals surface area contributed by atoms with Crippen LogP contribution in [0, 0.1) is 20.8 Å². The maximum Gasteiger partial charge on any atom is 0.276 e. The lowest BCUT2D eigenvalue weighted by Crippen LogP contribution is -2.46. The van der Waals surface area contributed by atoms with Crippen LogP contribution in [0.5, 0.6) is 5.75 Å². The number of halogens is 1. The number of amides is 2. The Bertz CT molecular complexity index is 809. The number of anilines is 1. The topological polar surface area (TPSA) is 79.5 Å². The van der Waals surface area contributed by atoms with Gasteiger partial charge in [0.2, 0.25) is 0 Å². The smallest absolute Gasteiger partial charge is 0.276 e. The second-order valence-corrected chi connectivity index (χ2v) is 6.40. The quantitative estimate of drug-likeness (QED) is 0.678. The fourth-order valence-electron chi connectivity index (χ4n) is 2.27. The van der Waals surface area contributed by atoms with Crippen LogP contribution in [0.3, 0.4) is 0 Å². The Morgan fingerprint density at radius 1 is 0.962 bits per heavy atom. The van der Waals surface area contributed by atoms with Crippen LogP contribution in [-0.4, -0.2) is 25.0 Å². The van der Waals surface area contributed by atoms with Crippen molar-refractivity contribution < 1.29 is 14.3 Å². The Hall–Kier alpha value is -2.73.